The first-order valence-corrected chi connectivity index (χ1v) is 17.5. The van der Waals surface area contributed by atoms with Crippen molar-refractivity contribution >= 4 is 46.9 Å². The second-order valence-electron chi connectivity index (χ2n) is 12.0. The number of para-hydroxylation sites is 1. The first-order chi connectivity index (χ1) is 24.8. The van der Waals surface area contributed by atoms with E-state index in [2.05, 4.69) is 16.0 Å². The minimum atomic E-state index is -0.512. The largest absolute Gasteiger partial charge is 0.324 e. The van der Waals surface area contributed by atoms with E-state index in [1.807, 2.05) is 135 Å². The fourth-order valence-electron chi connectivity index (χ4n) is 5.56. The van der Waals surface area contributed by atoms with Crippen molar-refractivity contribution in [1.82, 2.24) is 5.32 Å². The molecule has 252 valence electrons. The standard InChI is InChI=1S/C44H37N3O3S/c1-30-13-12-14-31(2)40(30)47-44(50)41(35-17-8-4-9-18-35)51-38-27-25-37(26-28-38)45-43(49)39(46-42(48)36-19-10-5-11-20-36)29-32-21-23-34(24-22-32)33-15-6-3-7-16-33/h3-29,41H,1-2H3,(H,45,49)(H,46,48)(H,47,50)/b39-29-. The van der Waals surface area contributed by atoms with E-state index in [9.17, 15) is 14.4 Å². The third-order valence-corrected chi connectivity index (χ3v) is 9.56. The Labute approximate surface area is 302 Å². The Morgan fingerprint density at radius 2 is 1.16 bits per heavy atom. The molecule has 3 N–H and O–H groups in total. The number of nitrogens with one attached hydrogen (secondary N) is 3. The van der Waals surface area contributed by atoms with Crippen LogP contribution in [0.2, 0.25) is 0 Å². The summed E-state index contributed by atoms with van der Waals surface area (Å²) >= 11 is 1.43. The number of aryl methyl sites for hydroxylation is 2. The zero-order valence-electron chi connectivity index (χ0n) is 28.3. The van der Waals surface area contributed by atoms with Gasteiger partial charge in [0.2, 0.25) is 5.91 Å². The molecule has 0 heterocycles. The summed E-state index contributed by atoms with van der Waals surface area (Å²) in [7, 11) is 0. The van der Waals surface area contributed by atoms with Crippen LogP contribution in [0, 0.1) is 13.8 Å². The van der Waals surface area contributed by atoms with Crippen LogP contribution in [-0.2, 0) is 9.59 Å². The molecule has 6 aromatic carbocycles. The first-order valence-electron chi connectivity index (χ1n) is 16.6. The van der Waals surface area contributed by atoms with Crippen LogP contribution in [0.4, 0.5) is 11.4 Å². The highest BCUT2D eigenvalue weighted by atomic mass is 32.2. The monoisotopic (exact) mass is 687 g/mol. The zero-order valence-corrected chi connectivity index (χ0v) is 29.1. The highest BCUT2D eigenvalue weighted by molar-refractivity contribution is 8.00. The van der Waals surface area contributed by atoms with Gasteiger partial charge in [-0.2, -0.15) is 0 Å². The number of rotatable bonds is 11. The van der Waals surface area contributed by atoms with Gasteiger partial charge in [0.1, 0.15) is 10.9 Å². The molecule has 1 atom stereocenters. The van der Waals surface area contributed by atoms with Crippen molar-refractivity contribution in [2.24, 2.45) is 0 Å². The van der Waals surface area contributed by atoms with Crippen LogP contribution in [0.25, 0.3) is 17.2 Å². The van der Waals surface area contributed by atoms with Crippen molar-refractivity contribution in [1.29, 1.82) is 0 Å². The Bertz CT molecular complexity index is 2130. The molecule has 0 bridgehead atoms. The topological polar surface area (TPSA) is 87.3 Å². The van der Waals surface area contributed by atoms with Gasteiger partial charge in [-0.1, -0.05) is 121 Å². The van der Waals surface area contributed by atoms with Crippen LogP contribution in [0.5, 0.6) is 0 Å². The summed E-state index contributed by atoms with van der Waals surface area (Å²) < 4.78 is 0. The Morgan fingerprint density at radius 3 is 1.78 bits per heavy atom. The lowest BCUT2D eigenvalue weighted by Crippen LogP contribution is -2.30. The first kappa shape index (κ1) is 34.7. The smallest absolute Gasteiger partial charge is 0.272 e. The van der Waals surface area contributed by atoms with Crippen molar-refractivity contribution < 1.29 is 14.4 Å². The number of anilines is 2. The third kappa shape index (κ3) is 9.09. The summed E-state index contributed by atoms with van der Waals surface area (Å²) in [6, 6.07) is 49.5. The van der Waals surface area contributed by atoms with Gasteiger partial charge >= 0.3 is 0 Å². The lowest BCUT2D eigenvalue weighted by molar-refractivity contribution is -0.116. The molecule has 0 aliphatic rings. The molecule has 0 aromatic heterocycles. The Kier molecular flexibility index (Phi) is 11.2. The van der Waals surface area contributed by atoms with E-state index in [4.69, 9.17) is 0 Å². The minimum absolute atomic E-state index is 0.0991. The molecule has 0 spiro atoms. The van der Waals surface area contributed by atoms with Gasteiger partial charge in [-0.15, -0.1) is 11.8 Å². The van der Waals surface area contributed by atoms with Crippen molar-refractivity contribution in [2.45, 2.75) is 24.0 Å². The van der Waals surface area contributed by atoms with E-state index in [1.165, 1.54) is 11.8 Å². The maximum Gasteiger partial charge on any atom is 0.272 e. The number of hydrogen-bond donors (Lipinski definition) is 3. The van der Waals surface area contributed by atoms with Crippen molar-refractivity contribution in [3.63, 3.8) is 0 Å². The molecule has 51 heavy (non-hydrogen) atoms. The zero-order chi connectivity index (χ0) is 35.6. The predicted molar refractivity (Wildman–Crippen MR) is 208 cm³/mol. The SMILES string of the molecule is Cc1cccc(C)c1NC(=O)C(Sc1ccc(NC(=O)/C(=C/c2ccc(-c3ccccc3)cc2)NC(=O)c2ccccc2)cc1)c1ccccc1. The van der Waals surface area contributed by atoms with Crippen molar-refractivity contribution in [3.05, 3.63) is 191 Å². The maximum atomic E-state index is 13.7. The highest BCUT2D eigenvalue weighted by Gasteiger charge is 2.23. The number of hydrogen-bond acceptors (Lipinski definition) is 4. The minimum Gasteiger partial charge on any atom is -0.324 e. The molecule has 0 fully saturated rings. The quantitative estimate of drug-likeness (QED) is 0.0935. The summed E-state index contributed by atoms with van der Waals surface area (Å²) in [6.45, 7) is 3.96. The van der Waals surface area contributed by atoms with Crippen LogP contribution in [0.1, 0.15) is 37.9 Å². The lowest BCUT2D eigenvalue weighted by Gasteiger charge is -2.19. The molecular weight excluding hydrogens is 651 g/mol. The maximum absolute atomic E-state index is 13.7. The van der Waals surface area contributed by atoms with Crippen LogP contribution >= 0.6 is 11.8 Å². The number of carbonyl (C=O) groups is 3. The van der Waals surface area contributed by atoms with E-state index in [0.29, 0.717) is 11.3 Å². The van der Waals surface area contributed by atoms with Gasteiger partial charge in [-0.05, 0) is 89.7 Å². The molecule has 6 rings (SSSR count). The third-order valence-electron chi connectivity index (χ3n) is 8.29. The molecule has 0 saturated carbocycles. The molecule has 0 radical (unpaired) electrons. The van der Waals surface area contributed by atoms with E-state index in [-0.39, 0.29) is 11.6 Å². The highest BCUT2D eigenvalue weighted by Crippen LogP contribution is 2.37. The predicted octanol–water partition coefficient (Wildman–Crippen LogP) is 9.85. The van der Waals surface area contributed by atoms with Gasteiger partial charge in [0.05, 0.1) is 0 Å². The summed E-state index contributed by atoms with van der Waals surface area (Å²) in [5.41, 5.74) is 7.65. The summed E-state index contributed by atoms with van der Waals surface area (Å²) in [5.74, 6) is -0.987. The molecule has 0 aliphatic carbocycles. The number of thioether (sulfide) groups is 1. The van der Waals surface area contributed by atoms with Gasteiger partial charge in [0, 0.05) is 21.8 Å². The van der Waals surface area contributed by atoms with Gasteiger partial charge < -0.3 is 16.0 Å². The van der Waals surface area contributed by atoms with Crippen LogP contribution in [-0.4, -0.2) is 17.7 Å². The average Bonchev–Trinajstić information content (AvgIpc) is 3.17. The van der Waals surface area contributed by atoms with Crippen LogP contribution < -0.4 is 16.0 Å². The summed E-state index contributed by atoms with van der Waals surface area (Å²) in [4.78, 5) is 41.4. The van der Waals surface area contributed by atoms with Gasteiger partial charge in [0.25, 0.3) is 11.8 Å². The molecule has 6 aromatic rings. The molecule has 0 saturated heterocycles. The van der Waals surface area contributed by atoms with Crippen molar-refractivity contribution in [2.75, 3.05) is 10.6 Å². The molecule has 7 heteroatoms. The Morgan fingerprint density at radius 1 is 0.588 bits per heavy atom. The lowest BCUT2D eigenvalue weighted by atomic mass is 10.0. The average molecular weight is 688 g/mol. The van der Waals surface area contributed by atoms with E-state index in [0.717, 1.165) is 44.0 Å². The molecule has 6 nitrogen and oxygen atoms in total. The second kappa shape index (κ2) is 16.5. The number of carbonyl (C=O) groups excluding carboxylic acids is 3. The van der Waals surface area contributed by atoms with Crippen molar-refractivity contribution in [3.8, 4) is 11.1 Å². The fourth-order valence-corrected chi connectivity index (χ4v) is 6.59. The van der Waals surface area contributed by atoms with E-state index in [1.54, 1.807) is 42.5 Å². The molecule has 3 amide bonds. The van der Waals surface area contributed by atoms with Crippen LogP contribution in [0.3, 0.4) is 0 Å². The van der Waals surface area contributed by atoms with Gasteiger partial charge in [-0.25, -0.2) is 0 Å². The fraction of sp³-hybridized carbons (Fsp3) is 0.0682. The molecule has 0 aliphatic heterocycles. The van der Waals surface area contributed by atoms with Gasteiger partial charge in [0.15, 0.2) is 0 Å². The number of amides is 3. The summed E-state index contributed by atoms with van der Waals surface area (Å²) in [5, 5.41) is 8.37. The van der Waals surface area contributed by atoms with Gasteiger partial charge in [-0.3, -0.25) is 14.4 Å². The normalized spacial score (nSPS) is 11.7. The van der Waals surface area contributed by atoms with E-state index < -0.39 is 17.1 Å². The number of benzene rings is 6. The summed E-state index contributed by atoms with van der Waals surface area (Å²) in [6.07, 6.45) is 1.66. The van der Waals surface area contributed by atoms with E-state index >= 15 is 0 Å². The Hall–Kier alpha value is -6.18. The van der Waals surface area contributed by atoms with Crippen LogP contribution in [0.15, 0.2) is 168 Å². The Balaban J connectivity index is 1.20. The molecular formula is C44H37N3O3S. The molecule has 1 unspecified atom stereocenters. The second-order valence-corrected chi connectivity index (χ2v) is 13.2.